The molecule has 7 heteroatoms. The smallest absolute Gasteiger partial charge is 0.248 e. The van der Waals surface area contributed by atoms with Crippen LogP contribution in [0.2, 0.25) is 0 Å². The van der Waals surface area contributed by atoms with E-state index < -0.39 is 16.1 Å². The third-order valence-corrected chi connectivity index (χ3v) is 6.13. The molecule has 28 heavy (non-hydrogen) atoms. The zero-order chi connectivity index (χ0) is 20.1. The van der Waals surface area contributed by atoms with E-state index in [0.717, 1.165) is 25.0 Å². The van der Waals surface area contributed by atoms with Crippen LogP contribution in [0, 0.1) is 0 Å². The van der Waals surface area contributed by atoms with E-state index in [0.29, 0.717) is 17.8 Å². The number of anilines is 3. The molecule has 0 spiro atoms. The summed E-state index contributed by atoms with van der Waals surface area (Å²) in [6.45, 7) is 3.93. The van der Waals surface area contributed by atoms with Crippen LogP contribution in [-0.4, -0.2) is 39.7 Å². The van der Waals surface area contributed by atoms with Gasteiger partial charge >= 0.3 is 0 Å². The summed E-state index contributed by atoms with van der Waals surface area (Å²) in [5.74, 6) is -0.342. The number of carbonyl (C=O) groups is 1. The lowest BCUT2D eigenvalue weighted by molar-refractivity contribution is -0.117. The summed E-state index contributed by atoms with van der Waals surface area (Å²) in [5, 5.41) is 2.87. The molecule has 1 atom stereocenters. The highest BCUT2D eigenvalue weighted by atomic mass is 32.2. The van der Waals surface area contributed by atoms with E-state index in [2.05, 4.69) is 10.2 Å². The Labute approximate surface area is 167 Å². The molecule has 0 bridgehead atoms. The molecule has 0 aromatic heterocycles. The summed E-state index contributed by atoms with van der Waals surface area (Å²) in [7, 11) is -3.62. The van der Waals surface area contributed by atoms with Gasteiger partial charge in [-0.3, -0.25) is 9.10 Å². The minimum atomic E-state index is -3.62. The molecule has 6 nitrogen and oxygen atoms in total. The van der Waals surface area contributed by atoms with Gasteiger partial charge in [-0.05, 0) is 55.7 Å². The Morgan fingerprint density at radius 3 is 2.21 bits per heavy atom. The summed E-state index contributed by atoms with van der Waals surface area (Å²) < 4.78 is 26.0. The molecule has 1 amide bonds. The lowest BCUT2D eigenvalue weighted by Crippen LogP contribution is -2.46. The SMILES string of the molecule is CC[C@@H](C(=O)Nc1ccc(N2CCCC2)cc1)N(c1ccccc1)S(C)(=O)=O. The van der Waals surface area contributed by atoms with Gasteiger partial charge in [-0.1, -0.05) is 25.1 Å². The number of hydrogen-bond donors (Lipinski definition) is 1. The first kappa shape index (κ1) is 20.2. The lowest BCUT2D eigenvalue weighted by Gasteiger charge is -2.30. The molecule has 150 valence electrons. The fourth-order valence-electron chi connectivity index (χ4n) is 3.59. The van der Waals surface area contributed by atoms with Gasteiger partial charge in [0.15, 0.2) is 0 Å². The second-order valence-electron chi connectivity index (χ2n) is 7.05. The Morgan fingerprint density at radius 2 is 1.68 bits per heavy atom. The van der Waals surface area contributed by atoms with Crippen LogP contribution in [0.3, 0.4) is 0 Å². The van der Waals surface area contributed by atoms with Crippen molar-refractivity contribution in [2.24, 2.45) is 0 Å². The Balaban J connectivity index is 1.78. The van der Waals surface area contributed by atoms with Gasteiger partial charge in [0.1, 0.15) is 6.04 Å². The second kappa shape index (κ2) is 8.65. The topological polar surface area (TPSA) is 69.7 Å². The second-order valence-corrected chi connectivity index (χ2v) is 8.91. The van der Waals surface area contributed by atoms with Gasteiger partial charge < -0.3 is 10.2 Å². The van der Waals surface area contributed by atoms with E-state index in [1.54, 1.807) is 24.3 Å². The standard InChI is InChI=1S/C21H27N3O3S/c1-3-20(24(28(2,26)27)19-9-5-4-6-10-19)21(25)22-17-11-13-18(14-12-17)23-15-7-8-16-23/h4-6,9-14,20H,3,7-8,15-16H2,1-2H3,(H,22,25)/t20-/m0/s1. The molecule has 1 N–H and O–H groups in total. The van der Waals surface area contributed by atoms with Gasteiger partial charge in [-0.15, -0.1) is 0 Å². The number of nitrogens with zero attached hydrogens (tertiary/aromatic N) is 2. The molecule has 0 saturated carbocycles. The van der Waals surface area contributed by atoms with Gasteiger partial charge in [0, 0.05) is 24.5 Å². The maximum absolute atomic E-state index is 12.9. The lowest BCUT2D eigenvalue weighted by atomic mass is 10.1. The van der Waals surface area contributed by atoms with Crippen LogP contribution < -0.4 is 14.5 Å². The van der Waals surface area contributed by atoms with Crippen molar-refractivity contribution in [2.75, 3.05) is 33.9 Å². The summed E-state index contributed by atoms with van der Waals surface area (Å²) >= 11 is 0. The summed E-state index contributed by atoms with van der Waals surface area (Å²) in [6, 6.07) is 15.6. The third kappa shape index (κ3) is 4.65. The van der Waals surface area contributed by atoms with Crippen molar-refractivity contribution < 1.29 is 13.2 Å². The van der Waals surface area contributed by atoms with Gasteiger partial charge in [-0.25, -0.2) is 8.42 Å². The average molecular weight is 402 g/mol. The molecule has 1 aliphatic rings. The van der Waals surface area contributed by atoms with Crippen LogP contribution in [0.4, 0.5) is 17.1 Å². The van der Waals surface area contributed by atoms with Crippen LogP contribution in [0.5, 0.6) is 0 Å². The summed E-state index contributed by atoms with van der Waals surface area (Å²) in [5.41, 5.74) is 2.29. The Bertz CT molecular complexity index is 892. The molecule has 1 fully saturated rings. The Morgan fingerprint density at radius 1 is 1.07 bits per heavy atom. The predicted octanol–water partition coefficient (Wildman–Crippen LogP) is 3.47. The maximum atomic E-state index is 12.9. The molecular formula is C21H27N3O3S. The summed E-state index contributed by atoms with van der Waals surface area (Å²) in [6.07, 6.45) is 3.90. The van der Waals surface area contributed by atoms with Crippen molar-refractivity contribution >= 4 is 33.0 Å². The van der Waals surface area contributed by atoms with Crippen molar-refractivity contribution in [1.82, 2.24) is 0 Å². The molecule has 0 aliphatic carbocycles. The molecule has 2 aromatic rings. The van der Waals surface area contributed by atoms with Crippen molar-refractivity contribution in [2.45, 2.75) is 32.2 Å². The number of amides is 1. The average Bonchev–Trinajstić information content (AvgIpc) is 3.21. The fraction of sp³-hybridized carbons (Fsp3) is 0.381. The predicted molar refractivity (Wildman–Crippen MR) is 114 cm³/mol. The Kier molecular flexibility index (Phi) is 6.24. The van der Waals surface area contributed by atoms with Crippen LogP contribution in [0.1, 0.15) is 26.2 Å². The number of para-hydroxylation sites is 1. The monoisotopic (exact) mass is 401 g/mol. The molecule has 1 saturated heterocycles. The number of hydrogen-bond acceptors (Lipinski definition) is 4. The zero-order valence-electron chi connectivity index (χ0n) is 16.3. The van der Waals surface area contributed by atoms with Gasteiger partial charge in [0.25, 0.3) is 0 Å². The van der Waals surface area contributed by atoms with Gasteiger partial charge in [0.2, 0.25) is 15.9 Å². The minimum Gasteiger partial charge on any atom is -0.372 e. The van der Waals surface area contributed by atoms with Crippen LogP contribution in [0.25, 0.3) is 0 Å². The number of carbonyl (C=O) groups excluding carboxylic acids is 1. The third-order valence-electron chi connectivity index (χ3n) is 4.95. The minimum absolute atomic E-state index is 0.342. The molecule has 1 heterocycles. The van der Waals surface area contributed by atoms with E-state index >= 15 is 0 Å². The Hall–Kier alpha value is -2.54. The molecule has 1 aliphatic heterocycles. The zero-order valence-corrected chi connectivity index (χ0v) is 17.2. The first-order valence-electron chi connectivity index (χ1n) is 9.60. The van der Waals surface area contributed by atoms with Gasteiger partial charge in [0.05, 0.1) is 11.9 Å². The van der Waals surface area contributed by atoms with Crippen molar-refractivity contribution in [3.8, 4) is 0 Å². The van der Waals surface area contributed by atoms with Crippen LogP contribution in [0.15, 0.2) is 54.6 Å². The van der Waals surface area contributed by atoms with Crippen molar-refractivity contribution in [3.63, 3.8) is 0 Å². The number of nitrogens with one attached hydrogen (secondary N) is 1. The highest BCUT2D eigenvalue weighted by Gasteiger charge is 2.31. The van der Waals surface area contributed by atoms with E-state index in [1.165, 1.54) is 17.1 Å². The molecule has 2 aromatic carbocycles. The molecule has 3 rings (SSSR count). The van der Waals surface area contributed by atoms with Gasteiger partial charge in [-0.2, -0.15) is 0 Å². The molecular weight excluding hydrogens is 374 g/mol. The van der Waals surface area contributed by atoms with Crippen LogP contribution >= 0.6 is 0 Å². The highest BCUT2D eigenvalue weighted by molar-refractivity contribution is 7.92. The number of rotatable bonds is 7. The maximum Gasteiger partial charge on any atom is 0.248 e. The molecule has 0 unspecified atom stereocenters. The van der Waals surface area contributed by atoms with Crippen molar-refractivity contribution in [3.05, 3.63) is 54.6 Å². The quantitative estimate of drug-likeness (QED) is 0.771. The van der Waals surface area contributed by atoms with E-state index in [1.807, 2.05) is 37.3 Å². The number of sulfonamides is 1. The number of benzene rings is 2. The van der Waals surface area contributed by atoms with E-state index in [-0.39, 0.29) is 5.91 Å². The highest BCUT2D eigenvalue weighted by Crippen LogP contribution is 2.25. The van der Waals surface area contributed by atoms with Crippen LogP contribution in [-0.2, 0) is 14.8 Å². The first-order chi connectivity index (χ1) is 13.4. The summed E-state index contributed by atoms with van der Waals surface area (Å²) in [4.78, 5) is 15.2. The fourth-order valence-corrected chi connectivity index (χ4v) is 4.80. The normalized spacial score (nSPS) is 15.3. The van der Waals surface area contributed by atoms with E-state index in [9.17, 15) is 13.2 Å². The molecule has 0 radical (unpaired) electrons. The van der Waals surface area contributed by atoms with Crippen molar-refractivity contribution in [1.29, 1.82) is 0 Å². The first-order valence-corrected chi connectivity index (χ1v) is 11.5. The van der Waals surface area contributed by atoms with E-state index in [4.69, 9.17) is 0 Å². The largest absolute Gasteiger partial charge is 0.372 e.